The van der Waals surface area contributed by atoms with Crippen LogP contribution in [0.2, 0.25) is 0 Å². The number of nitrogens with one attached hydrogen (secondary N) is 1. The largest absolute Gasteiger partial charge is 0.292 e. The Bertz CT molecular complexity index is 803. The molecule has 0 radical (unpaired) electrons. The first kappa shape index (κ1) is 13.3. The van der Waals surface area contributed by atoms with E-state index in [9.17, 15) is 0 Å². The maximum atomic E-state index is 5.47. The molecule has 1 heterocycles. The summed E-state index contributed by atoms with van der Waals surface area (Å²) in [6.07, 6.45) is 0. The summed E-state index contributed by atoms with van der Waals surface area (Å²) in [5.41, 5.74) is 4.39. The molecule has 0 bridgehead atoms. The average molecular weight is 345 g/mol. The molecule has 0 spiro atoms. The fraction of sp³-hybridized carbons (Fsp3) is 0.0625. The predicted molar refractivity (Wildman–Crippen MR) is 88.8 cm³/mol. The highest BCUT2D eigenvalue weighted by molar-refractivity contribution is 9.10. The number of aromatic amines is 1. The molecule has 0 fully saturated rings. The zero-order chi connectivity index (χ0) is 14.1. The molecule has 0 amide bonds. The number of nitrogens with zero attached hydrogens (tertiary/aromatic N) is 1. The summed E-state index contributed by atoms with van der Waals surface area (Å²) in [6.45, 7) is 2.07. The van der Waals surface area contributed by atoms with Crippen LogP contribution in [-0.4, -0.2) is 9.78 Å². The number of halogens is 1. The van der Waals surface area contributed by atoms with Gasteiger partial charge < -0.3 is 0 Å². The van der Waals surface area contributed by atoms with Crippen LogP contribution >= 0.6 is 28.1 Å². The van der Waals surface area contributed by atoms with E-state index in [0.717, 1.165) is 31.6 Å². The normalized spacial score (nSPS) is 10.7. The van der Waals surface area contributed by atoms with Gasteiger partial charge in [0, 0.05) is 10.5 Å². The number of aromatic nitrogens is 2. The van der Waals surface area contributed by atoms with Crippen molar-refractivity contribution in [3.63, 3.8) is 0 Å². The summed E-state index contributed by atoms with van der Waals surface area (Å²) >= 11 is 8.95. The SMILES string of the molecule is Cc1cc(Br)ccc1-n1[nH]c(-c2ccccc2)cc1=S. The third-order valence-electron chi connectivity index (χ3n) is 3.20. The lowest BCUT2D eigenvalue weighted by Crippen LogP contribution is -1.99. The standard InChI is InChI=1S/C16H13BrN2S/c1-11-9-13(17)7-8-15(11)19-16(20)10-14(18-19)12-5-3-2-4-6-12/h2-10,18H,1H3. The zero-order valence-electron chi connectivity index (χ0n) is 10.9. The maximum absolute atomic E-state index is 5.47. The van der Waals surface area contributed by atoms with Crippen molar-refractivity contribution in [3.8, 4) is 16.9 Å². The molecular weight excluding hydrogens is 332 g/mol. The van der Waals surface area contributed by atoms with Gasteiger partial charge in [0.2, 0.25) is 0 Å². The first-order valence-corrected chi connectivity index (χ1v) is 7.49. The van der Waals surface area contributed by atoms with Crippen LogP contribution in [0.5, 0.6) is 0 Å². The van der Waals surface area contributed by atoms with Gasteiger partial charge in [-0.15, -0.1) is 0 Å². The molecule has 0 atom stereocenters. The second kappa shape index (κ2) is 5.38. The second-order valence-electron chi connectivity index (χ2n) is 4.64. The van der Waals surface area contributed by atoms with E-state index < -0.39 is 0 Å². The van der Waals surface area contributed by atoms with E-state index in [-0.39, 0.29) is 0 Å². The van der Waals surface area contributed by atoms with Crippen LogP contribution in [-0.2, 0) is 0 Å². The Morgan fingerprint density at radius 3 is 2.50 bits per heavy atom. The van der Waals surface area contributed by atoms with E-state index in [1.54, 1.807) is 0 Å². The maximum Gasteiger partial charge on any atom is 0.128 e. The van der Waals surface area contributed by atoms with Crippen LogP contribution in [0.3, 0.4) is 0 Å². The fourth-order valence-corrected chi connectivity index (χ4v) is 2.95. The number of rotatable bonds is 2. The summed E-state index contributed by atoms with van der Waals surface area (Å²) in [6, 6.07) is 18.3. The molecule has 0 saturated carbocycles. The van der Waals surface area contributed by atoms with E-state index in [1.807, 2.05) is 35.0 Å². The minimum absolute atomic E-state index is 0.772. The third kappa shape index (κ3) is 2.49. The smallest absolute Gasteiger partial charge is 0.128 e. The minimum atomic E-state index is 0.772. The van der Waals surface area contributed by atoms with Gasteiger partial charge in [-0.3, -0.25) is 5.10 Å². The molecule has 3 aromatic rings. The Morgan fingerprint density at radius 1 is 1.05 bits per heavy atom. The lowest BCUT2D eigenvalue weighted by atomic mass is 10.2. The Balaban J connectivity index is 2.12. The van der Waals surface area contributed by atoms with Gasteiger partial charge in [-0.1, -0.05) is 58.5 Å². The van der Waals surface area contributed by atoms with E-state index in [4.69, 9.17) is 12.2 Å². The summed E-state index contributed by atoms with van der Waals surface area (Å²) in [5.74, 6) is 0. The minimum Gasteiger partial charge on any atom is -0.292 e. The van der Waals surface area contributed by atoms with Gasteiger partial charge >= 0.3 is 0 Å². The molecular formula is C16H13BrN2S. The Labute approximate surface area is 131 Å². The Kier molecular flexibility index (Phi) is 3.59. The molecule has 0 aliphatic heterocycles. The van der Waals surface area contributed by atoms with Crippen LogP contribution in [0, 0.1) is 11.6 Å². The molecule has 0 saturated heterocycles. The van der Waals surface area contributed by atoms with E-state index in [1.165, 1.54) is 0 Å². The predicted octanol–water partition coefficient (Wildman–Crippen LogP) is 5.27. The third-order valence-corrected chi connectivity index (χ3v) is 4.00. The molecule has 0 aliphatic carbocycles. The first-order chi connectivity index (χ1) is 9.65. The van der Waals surface area contributed by atoms with Crippen molar-refractivity contribution in [2.45, 2.75) is 6.92 Å². The highest BCUT2D eigenvalue weighted by Crippen LogP contribution is 2.23. The number of benzene rings is 2. The highest BCUT2D eigenvalue weighted by atomic mass is 79.9. The fourth-order valence-electron chi connectivity index (χ4n) is 2.21. The van der Waals surface area contributed by atoms with Gasteiger partial charge in [0.05, 0.1) is 11.4 Å². The van der Waals surface area contributed by atoms with Gasteiger partial charge in [-0.25, -0.2) is 4.68 Å². The van der Waals surface area contributed by atoms with Crippen LogP contribution in [0.25, 0.3) is 16.9 Å². The molecule has 100 valence electrons. The Hall–Kier alpha value is -1.65. The summed E-state index contributed by atoms with van der Waals surface area (Å²) < 4.78 is 3.79. The molecule has 20 heavy (non-hydrogen) atoms. The highest BCUT2D eigenvalue weighted by Gasteiger charge is 2.07. The molecule has 2 aromatic carbocycles. The number of aryl methyl sites for hydroxylation is 1. The summed E-state index contributed by atoms with van der Waals surface area (Å²) in [7, 11) is 0. The van der Waals surface area contributed by atoms with E-state index in [0.29, 0.717) is 0 Å². The van der Waals surface area contributed by atoms with Crippen LogP contribution < -0.4 is 0 Å². The monoisotopic (exact) mass is 344 g/mol. The first-order valence-electron chi connectivity index (χ1n) is 6.29. The van der Waals surface area contributed by atoms with Gasteiger partial charge in [0.15, 0.2) is 0 Å². The van der Waals surface area contributed by atoms with E-state index >= 15 is 0 Å². The van der Waals surface area contributed by atoms with Gasteiger partial charge in [-0.05, 0) is 36.2 Å². The molecule has 1 aromatic heterocycles. The van der Waals surface area contributed by atoms with Crippen molar-refractivity contribution in [1.29, 1.82) is 0 Å². The quantitative estimate of drug-likeness (QED) is 0.627. The van der Waals surface area contributed by atoms with Crippen molar-refractivity contribution in [2.24, 2.45) is 0 Å². The lowest BCUT2D eigenvalue weighted by Gasteiger charge is -2.07. The average Bonchev–Trinajstić information content (AvgIpc) is 2.82. The van der Waals surface area contributed by atoms with Crippen molar-refractivity contribution in [2.75, 3.05) is 0 Å². The van der Waals surface area contributed by atoms with Gasteiger partial charge in [0.1, 0.15) is 4.64 Å². The zero-order valence-corrected chi connectivity index (χ0v) is 13.3. The van der Waals surface area contributed by atoms with Crippen molar-refractivity contribution < 1.29 is 0 Å². The lowest BCUT2D eigenvalue weighted by molar-refractivity contribution is 0.864. The summed E-state index contributed by atoms with van der Waals surface area (Å²) in [5, 5.41) is 3.37. The molecule has 3 rings (SSSR count). The number of hydrogen-bond donors (Lipinski definition) is 1. The van der Waals surface area contributed by atoms with Crippen molar-refractivity contribution >= 4 is 28.1 Å². The van der Waals surface area contributed by atoms with Gasteiger partial charge in [0.25, 0.3) is 0 Å². The second-order valence-corrected chi connectivity index (χ2v) is 5.97. The van der Waals surface area contributed by atoms with Crippen molar-refractivity contribution in [1.82, 2.24) is 9.78 Å². The number of hydrogen-bond acceptors (Lipinski definition) is 1. The van der Waals surface area contributed by atoms with Crippen LogP contribution in [0.4, 0.5) is 0 Å². The summed E-state index contributed by atoms with van der Waals surface area (Å²) in [4.78, 5) is 0. The van der Waals surface area contributed by atoms with Gasteiger partial charge in [-0.2, -0.15) is 0 Å². The topological polar surface area (TPSA) is 20.7 Å². The molecule has 2 nitrogen and oxygen atoms in total. The van der Waals surface area contributed by atoms with E-state index in [2.05, 4.69) is 52.2 Å². The van der Waals surface area contributed by atoms with Crippen molar-refractivity contribution in [3.05, 3.63) is 69.3 Å². The Morgan fingerprint density at radius 2 is 1.80 bits per heavy atom. The molecule has 4 heteroatoms. The molecule has 0 unspecified atom stereocenters. The number of H-pyrrole nitrogens is 1. The molecule has 1 N–H and O–H groups in total. The van der Waals surface area contributed by atoms with Crippen LogP contribution in [0.1, 0.15) is 5.56 Å². The van der Waals surface area contributed by atoms with Crippen LogP contribution in [0.15, 0.2) is 59.1 Å². The molecule has 0 aliphatic rings.